The van der Waals surface area contributed by atoms with E-state index in [1.165, 1.54) is 0 Å². The molecule has 0 spiro atoms. The summed E-state index contributed by atoms with van der Waals surface area (Å²) in [6.45, 7) is 0.641. The van der Waals surface area contributed by atoms with Crippen LogP contribution in [-0.4, -0.2) is 54.5 Å². The molecular formula is C7H18BrNO3P+. The number of hydrogen-bond donors (Lipinski definition) is 2. The lowest BCUT2D eigenvalue weighted by molar-refractivity contribution is -0.861. The molecule has 0 fully saturated rings. The van der Waals surface area contributed by atoms with E-state index < -0.39 is 6.47 Å². The molecule has 0 heterocycles. The van der Waals surface area contributed by atoms with Gasteiger partial charge in [-0.2, -0.15) is 0 Å². The van der Waals surface area contributed by atoms with Crippen LogP contribution in [0.1, 0.15) is 6.92 Å². The van der Waals surface area contributed by atoms with Gasteiger partial charge in [-0.25, -0.2) is 0 Å². The number of halogens is 1. The molecular weight excluding hydrogens is 257 g/mol. The molecule has 0 rings (SSSR count). The summed E-state index contributed by atoms with van der Waals surface area (Å²) in [7, 11) is 5.76. The Morgan fingerprint density at radius 1 is 1.46 bits per heavy atom. The fourth-order valence-electron chi connectivity index (χ4n) is 0.480. The molecule has 0 aliphatic heterocycles. The van der Waals surface area contributed by atoms with Crippen LogP contribution in [0.15, 0.2) is 0 Å². The number of aliphatic hydroxyl groups is 2. The monoisotopic (exact) mass is 274 g/mol. The Labute approximate surface area is 88.6 Å². The smallest absolute Gasteiger partial charge is 0.286 e. The molecule has 13 heavy (non-hydrogen) atoms. The normalized spacial score (nSPS) is 12.9. The van der Waals surface area contributed by atoms with Gasteiger partial charge in [0.05, 0.1) is 21.1 Å². The van der Waals surface area contributed by atoms with E-state index in [2.05, 4.69) is 15.5 Å². The number of hydrogen-bond acceptors (Lipinski definition) is 2. The highest BCUT2D eigenvalue weighted by molar-refractivity contribution is 9.38. The third-order valence-electron chi connectivity index (χ3n) is 0.819. The van der Waals surface area contributed by atoms with E-state index in [-0.39, 0.29) is 12.1 Å². The minimum atomic E-state index is -1.71. The Kier molecular flexibility index (Phi) is 9.63. The lowest BCUT2D eigenvalue weighted by Gasteiger charge is -2.21. The van der Waals surface area contributed by atoms with E-state index in [1.807, 2.05) is 21.1 Å². The van der Waals surface area contributed by atoms with E-state index in [0.717, 1.165) is 0 Å². The molecule has 0 aliphatic carbocycles. The third kappa shape index (κ3) is 15.3. The molecule has 0 amide bonds. The average Bonchev–Trinajstić information content (AvgIpc) is 1.84. The molecule has 6 heteroatoms. The van der Waals surface area contributed by atoms with Crippen molar-refractivity contribution in [2.24, 2.45) is 0 Å². The van der Waals surface area contributed by atoms with Gasteiger partial charge in [0.2, 0.25) is 15.5 Å². The largest absolute Gasteiger partial charge is 0.619 e. The standard InChI is InChI=1S/C5H11BrNO2P.C2H6O/c1-7(2,3)4-5(8)10(6)9;1-2-3/h4H2,1-3H3;3H,2H2,1H3/p+1. The Balaban J connectivity index is 0. The SMILES string of the molecule is CCO.C[N+](C)(C)C/C(O)=[P+](\[O-])Br. The molecule has 0 aliphatic rings. The second-order valence-electron chi connectivity index (χ2n) is 3.43. The first-order valence-corrected chi connectivity index (χ1v) is 7.11. The number of nitrogens with zero attached hydrogens (tertiary/aromatic N) is 1. The van der Waals surface area contributed by atoms with Crippen molar-refractivity contribution in [2.75, 3.05) is 34.3 Å². The van der Waals surface area contributed by atoms with Crippen LogP contribution in [0.25, 0.3) is 0 Å². The topological polar surface area (TPSA) is 63.5 Å². The summed E-state index contributed by atoms with van der Waals surface area (Å²) in [4.78, 5) is 10.6. The Morgan fingerprint density at radius 3 is 1.85 bits per heavy atom. The predicted molar refractivity (Wildman–Crippen MR) is 58.4 cm³/mol. The summed E-state index contributed by atoms with van der Waals surface area (Å²) in [5, 5.41) is 16.6. The number of rotatable bonds is 2. The minimum absolute atomic E-state index is 0.0162. The van der Waals surface area contributed by atoms with E-state index in [4.69, 9.17) is 10.2 Å². The van der Waals surface area contributed by atoms with E-state index in [9.17, 15) is 4.89 Å². The summed E-state index contributed by atoms with van der Waals surface area (Å²) < 4.78 is 0.582. The molecule has 0 saturated heterocycles. The third-order valence-corrected chi connectivity index (χ3v) is 2.59. The van der Waals surface area contributed by atoms with E-state index in [1.54, 1.807) is 6.92 Å². The highest BCUT2D eigenvalue weighted by Gasteiger charge is 2.15. The maximum Gasteiger partial charge on any atom is 0.286 e. The Bertz CT molecular complexity index is 164. The molecule has 0 saturated carbocycles. The zero-order chi connectivity index (χ0) is 11.1. The van der Waals surface area contributed by atoms with Gasteiger partial charge >= 0.3 is 0 Å². The first-order valence-electron chi connectivity index (χ1n) is 3.83. The molecule has 0 radical (unpaired) electrons. The predicted octanol–water partition coefficient (Wildman–Crippen LogP) is 0.261. The van der Waals surface area contributed by atoms with Crippen molar-refractivity contribution in [3.63, 3.8) is 0 Å². The van der Waals surface area contributed by atoms with Gasteiger partial charge in [-0.15, -0.1) is 0 Å². The second kappa shape index (κ2) is 7.85. The van der Waals surface area contributed by atoms with Gasteiger partial charge in [0.25, 0.3) is 5.48 Å². The minimum Gasteiger partial charge on any atom is -0.619 e. The van der Waals surface area contributed by atoms with Crippen LogP contribution in [0.4, 0.5) is 0 Å². The van der Waals surface area contributed by atoms with Gasteiger partial charge in [0.15, 0.2) is 13.0 Å². The van der Waals surface area contributed by atoms with Crippen LogP contribution in [0.3, 0.4) is 0 Å². The lowest BCUT2D eigenvalue weighted by Crippen LogP contribution is -2.39. The van der Waals surface area contributed by atoms with Crippen LogP contribution in [-0.2, 0) is 0 Å². The van der Waals surface area contributed by atoms with Crippen molar-refractivity contribution in [1.82, 2.24) is 0 Å². The van der Waals surface area contributed by atoms with Crippen molar-refractivity contribution < 1.29 is 19.6 Å². The van der Waals surface area contributed by atoms with Gasteiger partial charge in [-0.05, 0) is 6.92 Å². The molecule has 1 atom stereocenters. The molecule has 80 valence electrons. The molecule has 0 aromatic carbocycles. The maximum atomic E-state index is 10.6. The molecule has 0 bridgehead atoms. The summed E-state index contributed by atoms with van der Waals surface area (Å²) in [6, 6.07) is 0. The highest BCUT2D eigenvalue weighted by atomic mass is 79.9. The first-order chi connectivity index (χ1) is 5.74. The summed E-state index contributed by atoms with van der Waals surface area (Å²) in [6.07, 6.45) is 0. The lowest BCUT2D eigenvalue weighted by atomic mass is 10.5. The maximum absolute atomic E-state index is 10.6. The zero-order valence-electron chi connectivity index (χ0n) is 8.49. The van der Waals surface area contributed by atoms with Gasteiger partial charge in [-0.1, -0.05) is 0 Å². The van der Waals surface area contributed by atoms with Crippen molar-refractivity contribution in [3.8, 4) is 0 Å². The fraction of sp³-hybridized carbons (Fsp3) is 0.857. The van der Waals surface area contributed by atoms with Crippen molar-refractivity contribution in [1.29, 1.82) is 0 Å². The first kappa shape index (κ1) is 15.9. The van der Waals surface area contributed by atoms with Gasteiger partial charge < -0.3 is 19.6 Å². The number of aliphatic hydroxyl groups excluding tert-OH is 2. The van der Waals surface area contributed by atoms with E-state index >= 15 is 0 Å². The molecule has 0 aromatic heterocycles. The molecule has 1 unspecified atom stereocenters. The van der Waals surface area contributed by atoms with Crippen molar-refractivity contribution >= 4 is 27.4 Å². The summed E-state index contributed by atoms with van der Waals surface area (Å²) in [5.74, 6) is 0. The number of quaternary nitrogens is 1. The fourth-order valence-corrected chi connectivity index (χ4v) is 1.35. The Hall–Kier alpha value is 0.490. The van der Waals surface area contributed by atoms with Crippen LogP contribution in [0.2, 0.25) is 0 Å². The van der Waals surface area contributed by atoms with Crippen LogP contribution in [0, 0.1) is 0 Å². The number of likely N-dealkylation sites (N-methyl/N-ethyl adjacent to an activating group) is 1. The highest BCUT2D eigenvalue weighted by Crippen LogP contribution is 2.22. The molecule has 0 aromatic rings. The van der Waals surface area contributed by atoms with Crippen LogP contribution in [0.5, 0.6) is 0 Å². The Morgan fingerprint density at radius 2 is 1.77 bits per heavy atom. The van der Waals surface area contributed by atoms with Crippen molar-refractivity contribution in [3.05, 3.63) is 0 Å². The summed E-state index contributed by atoms with van der Waals surface area (Å²) in [5.41, 5.74) is 0.0162. The average molecular weight is 275 g/mol. The second-order valence-corrected chi connectivity index (χ2v) is 6.36. The molecule has 2 N–H and O–H groups in total. The van der Waals surface area contributed by atoms with Gasteiger partial charge in [0, 0.05) is 6.61 Å². The quantitative estimate of drug-likeness (QED) is 0.561. The summed E-state index contributed by atoms with van der Waals surface area (Å²) >= 11 is 2.80. The zero-order valence-corrected chi connectivity index (χ0v) is 11.0. The molecule has 4 nitrogen and oxygen atoms in total. The van der Waals surface area contributed by atoms with Gasteiger partial charge in [-0.3, -0.25) is 0 Å². The van der Waals surface area contributed by atoms with E-state index in [0.29, 0.717) is 11.0 Å². The van der Waals surface area contributed by atoms with Gasteiger partial charge in [0.1, 0.15) is 0 Å². The van der Waals surface area contributed by atoms with Crippen LogP contribution >= 0.6 is 22.0 Å². The van der Waals surface area contributed by atoms with Crippen molar-refractivity contribution in [2.45, 2.75) is 6.92 Å². The van der Waals surface area contributed by atoms with Crippen LogP contribution < -0.4 is 4.89 Å².